The zero-order chi connectivity index (χ0) is 13.0. The van der Waals surface area contributed by atoms with Gasteiger partial charge < -0.3 is 10.6 Å². The van der Waals surface area contributed by atoms with Crippen molar-refractivity contribution in [3.8, 4) is 0 Å². The molecule has 0 aromatic rings. The summed E-state index contributed by atoms with van der Waals surface area (Å²) in [6, 6.07) is 0.00493. The van der Waals surface area contributed by atoms with Gasteiger partial charge in [0.15, 0.2) is 0 Å². The van der Waals surface area contributed by atoms with Gasteiger partial charge in [-0.2, -0.15) is 0 Å². The van der Waals surface area contributed by atoms with Crippen molar-refractivity contribution in [2.75, 3.05) is 13.1 Å². The minimum Gasteiger partial charge on any atom is -0.343 e. The van der Waals surface area contributed by atoms with Crippen LogP contribution in [0.3, 0.4) is 0 Å². The third-order valence-corrected chi connectivity index (χ3v) is 4.10. The van der Waals surface area contributed by atoms with Crippen molar-refractivity contribution in [3.63, 3.8) is 0 Å². The molecule has 2 N–H and O–H groups in total. The van der Waals surface area contributed by atoms with Crippen LogP contribution in [0.25, 0.3) is 0 Å². The summed E-state index contributed by atoms with van der Waals surface area (Å²) in [6.07, 6.45) is 2.81. The molecule has 1 rings (SSSR count). The summed E-state index contributed by atoms with van der Waals surface area (Å²) in [5, 5.41) is 0. The smallest absolute Gasteiger partial charge is 0.224 e. The van der Waals surface area contributed by atoms with E-state index in [1.165, 1.54) is 0 Å². The molecule has 0 radical (unpaired) electrons. The van der Waals surface area contributed by atoms with E-state index in [-0.39, 0.29) is 11.9 Å². The van der Waals surface area contributed by atoms with Crippen molar-refractivity contribution >= 4 is 5.91 Å². The largest absolute Gasteiger partial charge is 0.343 e. The lowest BCUT2D eigenvalue weighted by Gasteiger charge is -2.34. The zero-order valence-electron chi connectivity index (χ0n) is 11.8. The van der Waals surface area contributed by atoms with Gasteiger partial charge in [0.05, 0.1) is 0 Å². The van der Waals surface area contributed by atoms with Crippen LogP contribution >= 0.6 is 0 Å². The van der Waals surface area contributed by atoms with Gasteiger partial charge in [-0.05, 0) is 30.6 Å². The van der Waals surface area contributed by atoms with E-state index in [0.717, 1.165) is 37.8 Å². The summed E-state index contributed by atoms with van der Waals surface area (Å²) in [4.78, 5) is 14.0. The number of piperidine rings is 1. The number of hydrogen-bond acceptors (Lipinski definition) is 2. The fourth-order valence-corrected chi connectivity index (χ4v) is 2.38. The first kappa shape index (κ1) is 14.5. The molecule has 100 valence electrons. The first-order valence-corrected chi connectivity index (χ1v) is 6.95. The summed E-state index contributed by atoms with van der Waals surface area (Å²) in [7, 11) is 0. The van der Waals surface area contributed by atoms with E-state index in [1.54, 1.807) is 0 Å². The topological polar surface area (TPSA) is 46.3 Å². The van der Waals surface area contributed by atoms with E-state index >= 15 is 0 Å². The van der Waals surface area contributed by atoms with E-state index in [2.05, 4.69) is 27.7 Å². The Kier molecular flexibility index (Phi) is 5.44. The first-order valence-electron chi connectivity index (χ1n) is 6.95. The Morgan fingerprint density at radius 2 is 1.76 bits per heavy atom. The molecule has 17 heavy (non-hydrogen) atoms. The van der Waals surface area contributed by atoms with Gasteiger partial charge in [-0.3, -0.25) is 4.79 Å². The molecule has 1 fully saturated rings. The molecule has 1 aliphatic heterocycles. The third-order valence-electron chi connectivity index (χ3n) is 4.10. The lowest BCUT2D eigenvalue weighted by atomic mass is 9.86. The molecule has 0 bridgehead atoms. The van der Waals surface area contributed by atoms with Gasteiger partial charge in [0.25, 0.3) is 0 Å². The Balaban J connectivity index is 2.36. The molecule has 0 spiro atoms. The van der Waals surface area contributed by atoms with Crippen LogP contribution in [0.4, 0.5) is 0 Å². The van der Waals surface area contributed by atoms with Crippen LogP contribution in [-0.2, 0) is 4.79 Å². The molecule has 3 heteroatoms. The molecule has 1 aliphatic rings. The SMILES string of the molecule is CC(C)C(N)CC(=O)N1CCC(C(C)C)CC1. The van der Waals surface area contributed by atoms with Gasteiger partial charge >= 0.3 is 0 Å². The molecule has 0 aliphatic carbocycles. The fourth-order valence-electron chi connectivity index (χ4n) is 2.38. The summed E-state index contributed by atoms with van der Waals surface area (Å²) in [5.41, 5.74) is 5.95. The van der Waals surface area contributed by atoms with Crippen LogP contribution in [0.5, 0.6) is 0 Å². The predicted molar refractivity (Wildman–Crippen MR) is 71.6 cm³/mol. The van der Waals surface area contributed by atoms with E-state index < -0.39 is 0 Å². The number of hydrogen-bond donors (Lipinski definition) is 1. The number of nitrogens with zero attached hydrogens (tertiary/aromatic N) is 1. The van der Waals surface area contributed by atoms with Crippen molar-refractivity contribution in [2.24, 2.45) is 23.5 Å². The predicted octanol–water partition coefficient (Wildman–Crippen LogP) is 2.25. The van der Waals surface area contributed by atoms with Gasteiger partial charge in [-0.15, -0.1) is 0 Å². The second kappa shape index (κ2) is 6.39. The quantitative estimate of drug-likeness (QED) is 0.819. The van der Waals surface area contributed by atoms with Gasteiger partial charge in [0.2, 0.25) is 5.91 Å². The van der Waals surface area contributed by atoms with E-state index in [0.29, 0.717) is 12.3 Å². The minimum atomic E-state index is 0.00493. The van der Waals surface area contributed by atoms with Gasteiger partial charge in [-0.1, -0.05) is 27.7 Å². The monoisotopic (exact) mass is 240 g/mol. The lowest BCUT2D eigenvalue weighted by Crippen LogP contribution is -2.42. The molecule has 1 amide bonds. The van der Waals surface area contributed by atoms with E-state index in [1.807, 2.05) is 4.90 Å². The molecule has 0 aromatic heterocycles. The van der Waals surface area contributed by atoms with Crippen LogP contribution in [0.1, 0.15) is 47.0 Å². The second-order valence-corrected chi connectivity index (χ2v) is 6.07. The second-order valence-electron chi connectivity index (χ2n) is 6.07. The molecule has 0 aromatic carbocycles. The summed E-state index contributed by atoms with van der Waals surface area (Å²) in [6.45, 7) is 10.5. The van der Waals surface area contributed by atoms with Crippen molar-refractivity contribution in [1.29, 1.82) is 0 Å². The molecule has 1 heterocycles. The maximum Gasteiger partial charge on any atom is 0.224 e. The number of rotatable bonds is 4. The molecule has 1 atom stereocenters. The fraction of sp³-hybridized carbons (Fsp3) is 0.929. The minimum absolute atomic E-state index is 0.00493. The van der Waals surface area contributed by atoms with Crippen molar-refractivity contribution in [3.05, 3.63) is 0 Å². The first-order chi connectivity index (χ1) is 7.91. The van der Waals surface area contributed by atoms with Crippen LogP contribution < -0.4 is 5.73 Å². The molecular weight excluding hydrogens is 212 g/mol. The number of carbonyl (C=O) groups is 1. The van der Waals surface area contributed by atoms with Crippen molar-refractivity contribution in [2.45, 2.75) is 53.0 Å². The van der Waals surface area contributed by atoms with E-state index in [9.17, 15) is 4.79 Å². The Hall–Kier alpha value is -0.570. The van der Waals surface area contributed by atoms with Crippen molar-refractivity contribution in [1.82, 2.24) is 4.90 Å². The lowest BCUT2D eigenvalue weighted by molar-refractivity contribution is -0.133. The summed E-state index contributed by atoms with van der Waals surface area (Å²) < 4.78 is 0. The number of nitrogens with two attached hydrogens (primary N) is 1. The zero-order valence-corrected chi connectivity index (χ0v) is 11.8. The Bertz CT molecular complexity index is 243. The number of likely N-dealkylation sites (tertiary alicyclic amines) is 1. The summed E-state index contributed by atoms with van der Waals surface area (Å²) >= 11 is 0. The molecule has 1 unspecified atom stereocenters. The van der Waals surface area contributed by atoms with Crippen LogP contribution in [0, 0.1) is 17.8 Å². The molecule has 1 saturated heterocycles. The molecular formula is C14H28N2O. The standard InChI is InChI=1S/C14H28N2O/c1-10(2)12-5-7-16(8-6-12)14(17)9-13(15)11(3)4/h10-13H,5-9,15H2,1-4H3. The maximum atomic E-state index is 12.0. The maximum absolute atomic E-state index is 12.0. The van der Waals surface area contributed by atoms with E-state index in [4.69, 9.17) is 5.73 Å². The highest BCUT2D eigenvalue weighted by Crippen LogP contribution is 2.24. The molecule has 3 nitrogen and oxygen atoms in total. The Morgan fingerprint density at radius 3 is 2.18 bits per heavy atom. The van der Waals surface area contributed by atoms with Crippen LogP contribution in [0.2, 0.25) is 0 Å². The average molecular weight is 240 g/mol. The average Bonchev–Trinajstić information content (AvgIpc) is 2.28. The summed E-state index contributed by atoms with van der Waals surface area (Å²) in [5.74, 6) is 2.16. The highest BCUT2D eigenvalue weighted by Gasteiger charge is 2.25. The van der Waals surface area contributed by atoms with Gasteiger partial charge in [0, 0.05) is 25.6 Å². The van der Waals surface area contributed by atoms with Gasteiger partial charge in [-0.25, -0.2) is 0 Å². The van der Waals surface area contributed by atoms with Crippen molar-refractivity contribution < 1.29 is 4.79 Å². The Labute approximate surface area is 106 Å². The van der Waals surface area contributed by atoms with Crippen LogP contribution in [-0.4, -0.2) is 29.9 Å². The third kappa shape index (κ3) is 4.30. The Morgan fingerprint density at radius 1 is 1.24 bits per heavy atom. The highest BCUT2D eigenvalue weighted by atomic mass is 16.2. The number of carbonyl (C=O) groups excluding carboxylic acids is 1. The number of amides is 1. The highest BCUT2D eigenvalue weighted by molar-refractivity contribution is 5.76. The normalized spacial score (nSPS) is 20.1. The van der Waals surface area contributed by atoms with Crippen LogP contribution in [0.15, 0.2) is 0 Å². The van der Waals surface area contributed by atoms with Gasteiger partial charge in [0.1, 0.15) is 0 Å². The molecule has 0 saturated carbocycles.